The van der Waals surface area contributed by atoms with E-state index in [4.69, 9.17) is 4.74 Å². The molecule has 2 aromatic heterocycles. The highest BCUT2D eigenvalue weighted by Gasteiger charge is 2.15. The quantitative estimate of drug-likeness (QED) is 0.540. The third-order valence-electron chi connectivity index (χ3n) is 2.83. The summed E-state index contributed by atoms with van der Waals surface area (Å²) in [5, 5.41) is 11.1. The Kier molecular flexibility index (Phi) is 3.10. The zero-order valence-electron chi connectivity index (χ0n) is 10.7. The van der Waals surface area contributed by atoms with E-state index in [0.717, 1.165) is 17.5 Å². The van der Waals surface area contributed by atoms with Crippen LogP contribution in [-0.2, 0) is 0 Å². The van der Waals surface area contributed by atoms with Crippen molar-refractivity contribution in [3.63, 3.8) is 0 Å². The van der Waals surface area contributed by atoms with Crippen LogP contribution in [0.25, 0.3) is 16.0 Å². The van der Waals surface area contributed by atoms with Gasteiger partial charge in [0.25, 0.3) is 5.56 Å². The molecular formula is C12H8N4O4S. The zero-order chi connectivity index (χ0) is 15.0. The van der Waals surface area contributed by atoms with Gasteiger partial charge < -0.3 is 4.74 Å². The second-order valence-corrected chi connectivity index (χ2v) is 5.03. The molecular weight excluding hydrogens is 296 g/mol. The maximum Gasteiger partial charge on any atom is 0.345 e. The van der Waals surface area contributed by atoms with E-state index in [-0.39, 0.29) is 15.7 Å². The minimum atomic E-state index is -0.550. The van der Waals surface area contributed by atoms with Crippen LogP contribution >= 0.6 is 11.3 Å². The molecule has 3 rings (SSSR count). The maximum atomic E-state index is 12.4. The summed E-state index contributed by atoms with van der Waals surface area (Å²) in [7, 11) is 1.52. The van der Waals surface area contributed by atoms with Crippen LogP contribution in [0.2, 0.25) is 0 Å². The molecule has 21 heavy (non-hydrogen) atoms. The predicted octanol–water partition coefficient (Wildman–Crippen LogP) is 1.76. The van der Waals surface area contributed by atoms with E-state index in [1.54, 1.807) is 18.2 Å². The third-order valence-corrected chi connectivity index (χ3v) is 3.78. The van der Waals surface area contributed by atoms with Gasteiger partial charge in [-0.1, -0.05) is 0 Å². The van der Waals surface area contributed by atoms with Crippen LogP contribution in [0.4, 0.5) is 5.00 Å². The van der Waals surface area contributed by atoms with Crippen molar-refractivity contribution in [3.8, 4) is 10.9 Å². The van der Waals surface area contributed by atoms with Crippen LogP contribution < -0.4 is 10.3 Å². The van der Waals surface area contributed by atoms with Gasteiger partial charge in [-0.05, 0) is 23.5 Å². The summed E-state index contributed by atoms with van der Waals surface area (Å²) in [4.78, 5) is 30.6. The van der Waals surface area contributed by atoms with Crippen molar-refractivity contribution < 1.29 is 9.66 Å². The molecule has 9 heteroatoms. The van der Waals surface area contributed by atoms with E-state index < -0.39 is 4.92 Å². The van der Waals surface area contributed by atoms with Crippen molar-refractivity contribution in [1.82, 2.24) is 14.5 Å². The van der Waals surface area contributed by atoms with Gasteiger partial charge in [0.2, 0.25) is 5.13 Å². The second-order valence-electron chi connectivity index (χ2n) is 4.04. The summed E-state index contributed by atoms with van der Waals surface area (Å²) in [5.74, 6) is 0.594. The first-order chi connectivity index (χ1) is 10.1. The molecule has 2 heterocycles. The van der Waals surface area contributed by atoms with Crippen molar-refractivity contribution in [3.05, 3.63) is 51.2 Å². The SMILES string of the molecule is COc1ccc2c(=O)n(-c3ncc([N+](=O)[O-])s3)cnc2c1. The fourth-order valence-electron chi connectivity index (χ4n) is 1.82. The summed E-state index contributed by atoms with van der Waals surface area (Å²) in [6, 6.07) is 4.90. The minimum absolute atomic E-state index is 0.133. The number of benzene rings is 1. The van der Waals surface area contributed by atoms with Crippen LogP contribution in [0, 0.1) is 10.1 Å². The summed E-state index contributed by atoms with van der Waals surface area (Å²) in [6.45, 7) is 0. The first-order valence-electron chi connectivity index (χ1n) is 5.76. The molecule has 0 aliphatic rings. The van der Waals surface area contributed by atoms with Gasteiger partial charge in [0.1, 0.15) is 18.3 Å². The van der Waals surface area contributed by atoms with E-state index in [9.17, 15) is 14.9 Å². The smallest absolute Gasteiger partial charge is 0.345 e. The molecule has 0 saturated heterocycles. The molecule has 0 fully saturated rings. The molecule has 0 bridgehead atoms. The standard InChI is InChI=1S/C12H8N4O4S/c1-20-7-2-3-8-9(4-7)14-6-15(11(8)17)12-13-5-10(21-12)16(18)19/h2-6H,1H3. The number of hydrogen-bond donors (Lipinski definition) is 0. The van der Waals surface area contributed by atoms with Gasteiger partial charge in [-0.2, -0.15) is 0 Å². The van der Waals surface area contributed by atoms with Gasteiger partial charge in [-0.3, -0.25) is 14.9 Å². The fraction of sp³-hybridized carbons (Fsp3) is 0.0833. The number of methoxy groups -OCH3 is 1. The number of nitrogens with zero attached hydrogens (tertiary/aromatic N) is 4. The highest BCUT2D eigenvalue weighted by atomic mass is 32.1. The summed E-state index contributed by atoms with van der Waals surface area (Å²) in [6.07, 6.45) is 2.41. The molecule has 106 valence electrons. The first-order valence-corrected chi connectivity index (χ1v) is 6.58. The summed E-state index contributed by atoms with van der Waals surface area (Å²) < 4.78 is 6.26. The van der Waals surface area contributed by atoms with Gasteiger partial charge >= 0.3 is 5.00 Å². The summed E-state index contributed by atoms with van der Waals surface area (Å²) >= 11 is 0.813. The van der Waals surface area contributed by atoms with Crippen molar-refractivity contribution >= 4 is 27.2 Å². The number of rotatable bonds is 3. The molecule has 0 saturated carbocycles. The molecule has 0 spiro atoms. The lowest BCUT2D eigenvalue weighted by atomic mass is 10.2. The van der Waals surface area contributed by atoms with Gasteiger partial charge in [-0.25, -0.2) is 14.5 Å². The zero-order valence-corrected chi connectivity index (χ0v) is 11.5. The van der Waals surface area contributed by atoms with Gasteiger partial charge in [0, 0.05) is 6.07 Å². The Bertz CT molecular complexity index is 902. The van der Waals surface area contributed by atoms with E-state index in [1.807, 2.05) is 0 Å². The fourth-order valence-corrected chi connectivity index (χ4v) is 2.52. The van der Waals surface area contributed by atoms with Crippen molar-refractivity contribution in [2.75, 3.05) is 7.11 Å². The molecule has 1 aromatic carbocycles. The Labute approximate surface area is 121 Å². The highest BCUT2D eigenvalue weighted by molar-refractivity contribution is 7.17. The second kappa shape index (κ2) is 4.94. The molecule has 8 nitrogen and oxygen atoms in total. The average Bonchev–Trinajstić information content (AvgIpc) is 2.97. The molecule has 0 N–H and O–H groups in total. The molecule has 0 radical (unpaired) electrons. The Morgan fingerprint density at radius 3 is 2.86 bits per heavy atom. The monoisotopic (exact) mass is 304 g/mol. The number of nitro groups is 1. The lowest BCUT2D eigenvalue weighted by Crippen LogP contribution is -2.18. The van der Waals surface area contributed by atoms with Crippen molar-refractivity contribution in [2.24, 2.45) is 0 Å². The maximum absolute atomic E-state index is 12.4. The van der Waals surface area contributed by atoms with Crippen LogP contribution in [0.1, 0.15) is 0 Å². The van der Waals surface area contributed by atoms with Crippen LogP contribution in [0.15, 0.2) is 35.5 Å². The number of thiazole rings is 1. The molecule has 3 aromatic rings. The number of ether oxygens (including phenoxy) is 1. The molecule has 0 aliphatic carbocycles. The largest absolute Gasteiger partial charge is 0.497 e. The number of aromatic nitrogens is 3. The number of fused-ring (bicyclic) bond motifs is 1. The molecule has 0 unspecified atom stereocenters. The summed E-state index contributed by atoms with van der Waals surface area (Å²) in [5.41, 5.74) is 0.147. The Morgan fingerprint density at radius 1 is 1.38 bits per heavy atom. The topological polar surface area (TPSA) is 100 Å². The lowest BCUT2D eigenvalue weighted by Gasteiger charge is -2.04. The molecule has 0 aliphatic heterocycles. The van der Waals surface area contributed by atoms with Crippen LogP contribution in [0.5, 0.6) is 5.75 Å². The lowest BCUT2D eigenvalue weighted by molar-refractivity contribution is -0.380. The molecule has 0 atom stereocenters. The van der Waals surface area contributed by atoms with Crippen LogP contribution in [-0.4, -0.2) is 26.6 Å². The Balaban J connectivity index is 2.17. The Hall–Kier alpha value is -2.81. The van der Waals surface area contributed by atoms with Gasteiger partial charge in [0.05, 0.1) is 22.9 Å². The van der Waals surface area contributed by atoms with E-state index in [2.05, 4.69) is 9.97 Å². The predicted molar refractivity (Wildman–Crippen MR) is 76.2 cm³/mol. The van der Waals surface area contributed by atoms with Crippen molar-refractivity contribution in [1.29, 1.82) is 0 Å². The van der Waals surface area contributed by atoms with Gasteiger partial charge in [-0.15, -0.1) is 0 Å². The average molecular weight is 304 g/mol. The normalized spacial score (nSPS) is 10.7. The minimum Gasteiger partial charge on any atom is -0.497 e. The van der Waals surface area contributed by atoms with Crippen molar-refractivity contribution in [2.45, 2.75) is 0 Å². The van der Waals surface area contributed by atoms with Gasteiger partial charge in [0.15, 0.2) is 0 Å². The van der Waals surface area contributed by atoms with Crippen LogP contribution in [0.3, 0.4) is 0 Å². The van der Waals surface area contributed by atoms with E-state index >= 15 is 0 Å². The van der Waals surface area contributed by atoms with E-state index in [1.165, 1.54) is 18.0 Å². The highest BCUT2D eigenvalue weighted by Crippen LogP contribution is 2.23. The first kappa shape index (κ1) is 13.2. The Morgan fingerprint density at radius 2 is 2.19 bits per heavy atom. The molecule has 0 amide bonds. The number of hydrogen-bond acceptors (Lipinski definition) is 7. The van der Waals surface area contributed by atoms with E-state index in [0.29, 0.717) is 16.7 Å². The third kappa shape index (κ3) is 2.23.